The minimum absolute atomic E-state index is 0.00963. The summed E-state index contributed by atoms with van der Waals surface area (Å²) in [6, 6.07) is 5.19. The van der Waals surface area contributed by atoms with Crippen LogP contribution in [-0.4, -0.2) is 52.0 Å². The molecule has 130 valence electrons. The monoisotopic (exact) mass is 334 g/mol. The van der Waals surface area contributed by atoms with Crippen molar-refractivity contribution in [1.82, 2.24) is 10.2 Å². The second kappa shape index (κ2) is 7.81. The summed E-state index contributed by atoms with van der Waals surface area (Å²) in [7, 11) is 0. The normalized spacial score (nSPS) is 16.5. The molecular formula is C17H22N2O5. The number of aromatic hydroxyl groups is 1. The Balaban J connectivity index is 1.93. The van der Waals surface area contributed by atoms with Gasteiger partial charge >= 0.3 is 5.97 Å². The summed E-state index contributed by atoms with van der Waals surface area (Å²) >= 11 is 0. The summed E-state index contributed by atoms with van der Waals surface area (Å²) in [6.45, 7) is 2.53. The Bertz CT molecular complexity index is 606. The molecule has 7 heteroatoms. The second-order valence-corrected chi connectivity index (χ2v) is 6.05. The molecule has 7 nitrogen and oxygen atoms in total. The first-order valence-electron chi connectivity index (χ1n) is 7.93. The number of amides is 2. The van der Waals surface area contributed by atoms with Gasteiger partial charge in [-0.05, 0) is 30.5 Å². The van der Waals surface area contributed by atoms with Gasteiger partial charge in [0, 0.05) is 32.4 Å². The number of hydrogen-bond acceptors (Lipinski definition) is 4. The SMILES string of the molecule is CC(=O)N1CCC(C(=O)NC(Cc2ccc(O)cc2)C(=O)O)CC1. The highest BCUT2D eigenvalue weighted by Gasteiger charge is 2.29. The Kier molecular flexibility index (Phi) is 5.78. The lowest BCUT2D eigenvalue weighted by atomic mass is 9.95. The van der Waals surface area contributed by atoms with Gasteiger partial charge in [0.25, 0.3) is 0 Å². The number of phenolic OH excluding ortho intramolecular Hbond substituents is 1. The minimum atomic E-state index is -1.10. The van der Waals surface area contributed by atoms with Gasteiger partial charge in [0.1, 0.15) is 11.8 Å². The molecule has 1 atom stereocenters. The maximum absolute atomic E-state index is 12.3. The summed E-state index contributed by atoms with van der Waals surface area (Å²) in [4.78, 5) is 36.7. The summed E-state index contributed by atoms with van der Waals surface area (Å²) in [6.07, 6.45) is 1.22. The van der Waals surface area contributed by atoms with Gasteiger partial charge in [-0.25, -0.2) is 4.79 Å². The van der Waals surface area contributed by atoms with Crippen molar-refractivity contribution >= 4 is 17.8 Å². The van der Waals surface area contributed by atoms with E-state index in [1.807, 2.05) is 0 Å². The zero-order chi connectivity index (χ0) is 17.7. The van der Waals surface area contributed by atoms with Crippen LogP contribution in [0.15, 0.2) is 24.3 Å². The largest absolute Gasteiger partial charge is 0.508 e. The van der Waals surface area contributed by atoms with E-state index >= 15 is 0 Å². The van der Waals surface area contributed by atoms with Crippen LogP contribution >= 0.6 is 0 Å². The van der Waals surface area contributed by atoms with Crippen LogP contribution in [0.5, 0.6) is 5.75 Å². The highest BCUT2D eigenvalue weighted by Crippen LogP contribution is 2.18. The maximum Gasteiger partial charge on any atom is 0.326 e. The summed E-state index contributed by atoms with van der Waals surface area (Å²) in [5.74, 6) is -1.57. The van der Waals surface area contributed by atoms with Gasteiger partial charge in [0.2, 0.25) is 11.8 Å². The molecule has 1 unspecified atom stereocenters. The van der Waals surface area contributed by atoms with E-state index in [0.717, 1.165) is 0 Å². The van der Waals surface area contributed by atoms with Gasteiger partial charge < -0.3 is 20.4 Å². The lowest BCUT2D eigenvalue weighted by Crippen LogP contribution is -2.48. The van der Waals surface area contributed by atoms with Gasteiger partial charge in [0.05, 0.1) is 0 Å². The average molecular weight is 334 g/mol. The lowest BCUT2D eigenvalue weighted by Gasteiger charge is -2.31. The van der Waals surface area contributed by atoms with Crippen LogP contribution in [0.2, 0.25) is 0 Å². The van der Waals surface area contributed by atoms with Crippen molar-refractivity contribution in [3.05, 3.63) is 29.8 Å². The molecule has 0 bridgehead atoms. The summed E-state index contributed by atoms with van der Waals surface area (Å²) < 4.78 is 0. The van der Waals surface area contributed by atoms with Gasteiger partial charge in [0.15, 0.2) is 0 Å². The predicted octanol–water partition coefficient (Wildman–Crippen LogP) is 0.763. The predicted molar refractivity (Wildman–Crippen MR) is 86.4 cm³/mol. The number of nitrogens with zero attached hydrogens (tertiary/aromatic N) is 1. The second-order valence-electron chi connectivity index (χ2n) is 6.05. The third kappa shape index (κ3) is 4.71. The van der Waals surface area contributed by atoms with Crippen molar-refractivity contribution in [2.45, 2.75) is 32.2 Å². The maximum atomic E-state index is 12.3. The van der Waals surface area contributed by atoms with Crippen LogP contribution in [0.3, 0.4) is 0 Å². The van der Waals surface area contributed by atoms with E-state index in [-0.39, 0.29) is 29.9 Å². The molecule has 0 saturated carbocycles. The average Bonchev–Trinajstić information content (AvgIpc) is 2.56. The van der Waals surface area contributed by atoms with E-state index in [0.29, 0.717) is 31.5 Å². The molecular weight excluding hydrogens is 312 g/mol. The molecule has 0 aromatic heterocycles. The first kappa shape index (κ1) is 17.8. The van der Waals surface area contributed by atoms with Gasteiger partial charge in [-0.2, -0.15) is 0 Å². The molecule has 3 N–H and O–H groups in total. The zero-order valence-corrected chi connectivity index (χ0v) is 13.6. The Morgan fingerprint density at radius 1 is 1.21 bits per heavy atom. The summed E-state index contributed by atoms with van der Waals surface area (Å²) in [5, 5.41) is 21.2. The van der Waals surface area contributed by atoms with Crippen molar-refractivity contribution in [3.63, 3.8) is 0 Å². The van der Waals surface area contributed by atoms with Crippen LogP contribution in [0.25, 0.3) is 0 Å². The topological polar surface area (TPSA) is 107 Å². The number of likely N-dealkylation sites (tertiary alicyclic amines) is 1. The number of nitrogens with one attached hydrogen (secondary N) is 1. The van der Waals surface area contributed by atoms with E-state index in [1.54, 1.807) is 17.0 Å². The fraction of sp³-hybridized carbons (Fsp3) is 0.471. The number of phenols is 1. The number of piperidine rings is 1. The van der Waals surface area contributed by atoms with E-state index in [4.69, 9.17) is 0 Å². The van der Waals surface area contributed by atoms with Crippen LogP contribution in [0.1, 0.15) is 25.3 Å². The standard InChI is InChI=1S/C17H22N2O5/c1-11(20)19-8-6-13(7-9-19)16(22)18-15(17(23)24)10-12-2-4-14(21)5-3-12/h2-5,13,15,21H,6-10H2,1H3,(H,18,22)(H,23,24). The molecule has 0 radical (unpaired) electrons. The van der Waals surface area contributed by atoms with Crippen molar-refractivity contribution < 1.29 is 24.6 Å². The third-order valence-electron chi connectivity index (χ3n) is 4.30. The quantitative estimate of drug-likeness (QED) is 0.737. The number of hydrogen-bond donors (Lipinski definition) is 3. The van der Waals surface area contributed by atoms with E-state index in [2.05, 4.69) is 5.32 Å². The third-order valence-corrected chi connectivity index (χ3v) is 4.30. The number of aliphatic carboxylic acids is 1. The number of carboxylic acid groups (broad SMARTS) is 1. The molecule has 1 saturated heterocycles. The van der Waals surface area contributed by atoms with Crippen molar-refractivity contribution in [3.8, 4) is 5.75 Å². The fourth-order valence-corrected chi connectivity index (χ4v) is 2.81. The van der Waals surface area contributed by atoms with E-state index in [1.165, 1.54) is 19.1 Å². The summed E-state index contributed by atoms with van der Waals surface area (Å²) in [5.41, 5.74) is 0.715. The molecule has 0 spiro atoms. The molecule has 1 heterocycles. The minimum Gasteiger partial charge on any atom is -0.508 e. The molecule has 1 aliphatic rings. The fourth-order valence-electron chi connectivity index (χ4n) is 2.81. The van der Waals surface area contributed by atoms with Crippen molar-refractivity contribution in [1.29, 1.82) is 0 Å². The molecule has 0 aliphatic carbocycles. The van der Waals surface area contributed by atoms with Crippen molar-refractivity contribution in [2.75, 3.05) is 13.1 Å². The highest BCUT2D eigenvalue weighted by molar-refractivity contribution is 5.85. The van der Waals surface area contributed by atoms with Crippen LogP contribution < -0.4 is 5.32 Å². The molecule has 1 aromatic carbocycles. The number of rotatable bonds is 5. The van der Waals surface area contributed by atoms with Crippen LogP contribution in [-0.2, 0) is 20.8 Å². The Morgan fingerprint density at radius 3 is 2.29 bits per heavy atom. The highest BCUT2D eigenvalue weighted by atomic mass is 16.4. The van der Waals surface area contributed by atoms with Crippen molar-refractivity contribution in [2.24, 2.45) is 5.92 Å². The van der Waals surface area contributed by atoms with Gasteiger partial charge in [-0.1, -0.05) is 12.1 Å². The van der Waals surface area contributed by atoms with Gasteiger partial charge in [-0.15, -0.1) is 0 Å². The smallest absolute Gasteiger partial charge is 0.326 e. The molecule has 2 amide bonds. The van der Waals surface area contributed by atoms with E-state index < -0.39 is 12.0 Å². The number of carbonyl (C=O) groups is 3. The molecule has 2 rings (SSSR count). The molecule has 1 aliphatic heterocycles. The van der Waals surface area contributed by atoms with E-state index in [9.17, 15) is 24.6 Å². The van der Waals surface area contributed by atoms with Gasteiger partial charge in [-0.3, -0.25) is 9.59 Å². The lowest BCUT2D eigenvalue weighted by molar-refractivity contribution is -0.142. The number of carbonyl (C=O) groups excluding carboxylic acids is 2. The van der Waals surface area contributed by atoms with Crippen LogP contribution in [0.4, 0.5) is 0 Å². The molecule has 24 heavy (non-hydrogen) atoms. The van der Waals surface area contributed by atoms with Crippen LogP contribution in [0, 0.1) is 5.92 Å². The zero-order valence-electron chi connectivity index (χ0n) is 13.6. The molecule has 1 fully saturated rings. The number of benzene rings is 1. The Labute approximate surface area is 140 Å². The number of carboxylic acids is 1. The first-order chi connectivity index (χ1) is 11.4. The first-order valence-corrected chi connectivity index (χ1v) is 7.93. The Hall–Kier alpha value is -2.57. The molecule has 1 aromatic rings. The Morgan fingerprint density at radius 2 is 1.79 bits per heavy atom.